The molecule has 0 saturated carbocycles. The third-order valence-corrected chi connectivity index (χ3v) is 17.7. The second kappa shape index (κ2) is 59.6. The van der Waals surface area contributed by atoms with Crippen LogP contribution in [0.1, 0.15) is 102 Å². The number of hydrogen-bond acceptors (Lipinski definition) is 29. The molecule has 4 rings (SSSR count). The fraction of sp³-hybridized carbons (Fsp3) is 0.736. The van der Waals surface area contributed by atoms with E-state index in [0.29, 0.717) is 168 Å². The minimum absolute atomic E-state index is 0.0407. The lowest BCUT2D eigenvalue weighted by Crippen LogP contribution is -2.53. The Morgan fingerprint density at radius 2 is 0.910 bits per heavy atom. The number of carboxylic acids is 7. The lowest BCUT2D eigenvalue weighted by molar-refractivity contribution is -0.142. The highest BCUT2D eigenvalue weighted by atomic mass is 16.6. The van der Waals surface area contributed by atoms with Gasteiger partial charge >= 0.3 is 47.8 Å². The zero-order chi connectivity index (χ0) is 80.5. The van der Waals surface area contributed by atoms with E-state index in [-0.39, 0.29) is 116 Å². The number of aliphatic carboxylic acids is 7. The maximum Gasteiger partial charge on any atom is 0.326 e. The summed E-state index contributed by atoms with van der Waals surface area (Å²) in [6, 6.07) is 3.68. The number of aldehydes is 1. The molecule has 2 fully saturated rings. The number of nitrogens with zero attached hydrogens (tertiary/aromatic N) is 9. The number of nitrogens with one attached hydrogen (secondary N) is 5. The van der Waals surface area contributed by atoms with Crippen LogP contribution in [0.2, 0.25) is 0 Å². The summed E-state index contributed by atoms with van der Waals surface area (Å²) >= 11 is 0. The van der Waals surface area contributed by atoms with E-state index in [2.05, 4.69) is 36.4 Å². The summed E-state index contributed by atoms with van der Waals surface area (Å²) < 4.78 is 44.2. The van der Waals surface area contributed by atoms with E-state index < -0.39 is 72.5 Å². The lowest BCUT2D eigenvalue weighted by atomic mass is 10.0. The predicted octanol–water partition coefficient (Wildman–Crippen LogP) is 1.21. The van der Waals surface area contributed by atoms with Gasteiger partial charge in [0, 0.05) is 110 Å². The standard InChI is InChI=1S/C72H120N14O25/c87-55-58(17-18-62(89)90)76-72(103)77-60(68(101)102)11-8-9-20-73-61(88)12-7-5-3-1-2-4-6-10-22-81-27-30-85(31-28-81)71-79-69(74-21-34-105-36-38-107-40-42-109-44-46-111-48-47-110-45-43-108-41-39-106-37-35-104-33-19-63(91)92)78-70(80-71)75-57-15-13-56(14-16-57)49-59-50-84(53-66(97)98)26-25-82(51-64(93)94)23-24-83(52-65(95)96)29-32-86(59)54-67(99)100/h13-16,55,58-60H,1-12,17-54H2,(H,73,88)(H,89,90)(H,91,92)(H,93,94)(H,95,96)(H,97,98)(H,99,100)(H,101,102)(H2,76,77,103)(H2,74,75,78,79,80)/t58-,59?,60-/m0/s1. The van der Waals surface area contributed by atoms with Gasteiger partial charge in [-0.25, -0.2) is 9.59 Å². The van der Waals surface area contributed by atoms with Crippen molar-refractivity contribution in [3.8, 4) is 0 Å². The van der Waals surface area contributed by atoms with E-state index in [4.69, 9.17) is 63.1 Å². The number of carboxylic acid groups (broad SMARTS) is 7. The van der Waals surface area contributed by atoms with Crippen molar-refractivity contribution >= 4 is 83.5 Å². The highest BCUT2D eigenvalue weighted by molar-refractivity contribution is 5.84. The monoisotopic (exact) mass is 1580 g/mol. The number of hydrogen-bond donors (Lipinski definition) is 12. The Balaban J connectivity index is 1.23. The topological polar surface area (TPSA) is 504 Å². The van der Waals surface area contributed by atoms with Gasteiger partial charge in [-0.2, -0.15) is 15.0 Å². The summed E-state index contributed by atoms with van der Waals surface area (Å²) in [4.78, 5) is 143. The third-order valence-electron chi connectivity index (χ3n) is 17.7. The summed E-state index contributed by atoms with van der Waals surface area (Å²) in [5.41, 5.74) is 1.43. The Labute approximate surface area is 648 Å². The third kappa shape index (κ3) is 48.4. The first-order chi connectivity index (χ1) is 53.6. The summed E-state index contributed by atoms with van der Waals surface area (Å²) in [6.07, 6.45) is 9.68. The molecular formula is C72H120N14O25. The highest BCUT2D eigenvalue weighted by Crippen LogP contribution is 2.22. The van der Waals surface area contributed by atoms with Gasteiger partial charge < -0.3 is 110 Å². The number of ether oxygens (including phenoxy) is 8. The molecule has 0 bridgehead atoms. The van der Waals surface area contributed by atoms with E-state index >= 15 is 0 Å². The average molecular weight is 1580 g/mol. The number of aromatic nitrogens is 3. The van der Waals surface area contributed by atoms with Gasteiger partial charge in [-0.15, -0.1) is 0 Å². The van der Waals surface area contributed by atoms with Crippen molar-refractivity contribution in [1.29, 1.82) is 0 Å². The summed E-state index contributed by atoms with van der Waals surface area (Å²) in [7, 11) is 0. The number of piperazine rings is 1. The largest absolute Gasteiger partial charge is 0.481 e. The Kier molecular flexibility index (Phi) is 51.1. The van der Waals surface area contributed by atoms with E-state index in [0.717, 1.165) is 76.6 Å². The van der Waals surface area contributed by atoms with Crippen LogP contribution < -0.4 is 31.5 Å². The molecule has 0 radical (unpaired) electrons. The first kappa shape index (κ1) is 95.2. The number of benzene rings is 1. The van der Waals surface area contributed by atoms with Crippen molar-refractivity contribution in [2.75, 3.05) is 239 Å². The lowest BCUT2D eigenvalue weighted by Gasteiger charge is -2.37. The SMILES string of the molecule is O=C[C@H](CCC(=O)O)NC(=O)N[C@@H](CCCCNC(=O)CCCCCCCCCCN1CCN(c2nc(NCCOCCOCCOCCOCCOCCOCCOCCOCCC(=O)O)nc(Nc3ccc(CC4CN(CC(=O)O)CCN(CC(=O)O)CCN(CC(=O)O)CCN4CC(=O)O)cc3)n2)CC1)C(=O)O. The second-order valence-corrected chi connectivity index (χ2v) is 26.7. The number of anilines is 4. The Hall–Kier alpha value is -8.19. The zero-order valence-electron chi connectivity index (χ0n) is 64.0. The molecule has 1 aromatic carbocycles. The van der Waals surface area contributed by atoms with Crippen LogP contribution in [0.5, 0.6) is 0 Å². The molecule has 2 aromatic rings. The molecule has 39 heteroatoms. The minimum atomic E-state index is -1.26. The van der Waals surface area contributed by atoms with Crippen molar-refractivity contribution in [3.05, 3.63) is 29.8 Å². The minimum Gasteiger partial charge on any atom is -0.481 e. The van der Waals surface area contributed by atoms with Crippen molar-refractivity contribution in [3.63, 3.8) is 0 Å². The molecule has 1 aromatic heterocycles. The maximum atomic E-state index is 12.5. The molecule has 2 aliphatic heterocycles. The average Bonchev–Trinajstić information content (AvgIpc) is 0.826. The second-order valence-electron chi connectivity index (χ2n) is 26.7. The molecule has 2 aliphatic rings. The fourth-order valence-corrected chi connectivity index (χ4v) is 11.9. The molecule has 12 N–H and O–H groups in total. The Morgan fingerprint density at radius 1 is 0.441 bits per heavy atom. The van der Waals surface area contributed by atoms with Gasteiger partial charge in [0.2, 0.25) is 23.8 Å². The van der Waals surface area contributed by atoms with Crippen LogP contribution in [0.4, 0.5) is 28.3 Å². The molecule has 3 atom stereocenters. The molecule has 0 aliphatic carbocycles. The number of unbranched alkanes of at least 4 members (excludes halogenated alkanes) is 8. The molecule has 111 heavy (non-hydrogen) atoms. The Bertz CT molecular complexity index is 2980. The van der Waals surface area contributed by atoms with E-state index in [1.165, 1.54) is 0 Å². The molecule has 1 unspecified atom stereocenters. The van der Waals surface area contributed by atoms with Crippen LogP contribution in [0, 0.1) is 0 Å². The van der Waals surface area contributed by atoms with Gasteiger partial charge in [-0.3, -0.25) is 58.1 Å². The molecule has 39 nitrogen and oxygen atoms in total. The molecular weight excluding hydrogens is 1460 g/mol. The maximum absolute atomic E-state index is 12.5. The van der Waals surface area contributed by atoms with Gasteiger partial charge in [0.05, 0.1) is 144 Å². The first-order valence-corrected chi connectivity index (χ1v) is 38.3. The van der Waals surface area contributed by atoms with Gasteiger partial charge in [-0.05, 0) is 69.2 Å². The smallest absolute Gasteiger partial charge is 0.326 e. The zero-order valence-corrected chi connectivity index (χ0v) is 64.0. The van der Waals surface area contributed by atoms with Crippen LogP contribution in [0.15, 0.2) is 24.3 Å². The highest BCUT2D eigenvalue weighted by Gasteiger charge is 2.29. The predicted molar refractivity (Wildman–Crippen MR) is 403 cm³/mol. The van der Waals surface area contributed by atoms with Crippen LogP contribution in [0.3, 0.4) is 0 Å². The van der Waals surface area contributed by atoms with Gasteiger partial charge in [0.25, 0.3) is 0 Å². The van der Waals surface area contributed by atoms with Crippen molar-refractivity contribution in [2.45, 2.75) is 121 Å². The van der Waals surface area contributed by atoms with Crippen molar-refractivity contribution < 1.29 is 122 Å². The van der Waals surface area contributed by atoms with Gasteiger partial charge in [0.15, 0.2) is 0 Å². The first-order valence-electron chi connectivity index (χ1n) is 38.3. The van der Waals surface area contributed by atoms with Crippen LogP contribution in [-0.4, -0.2) is 377 Å². The van der Waals surface area contributed by atoms with Crippen LogP contribution in [-0.2, 0) is 87.5 Å². The molecule has 0 spiro atoms. The summed E-state index contributed by atoms with van der Waals surface area (Å²) in [5.74, 6) is -6.69. The van der Waals surface area contributed by atoms with E-state index in [1.807, 2.05) is 24.3 Å². The number of carbonyl (C=O) groups excluding carboxylic acids is 3. The fourth-order valence-electron chi connectivity index (χ4n) is 11.9. The molecule has 3 amide bonds. The van der Waals surface area contributed by atoms with Crippen LogP contribution in [0.25, 0.3) is 0 Å². The van der Waals surface area contributed by atoms with Gasteiger partial charge in [0.1, 0.15) is 12.3 Å². The molecule has 3 heterocycles. The Morgan fingerprint density at radius 3 is 1.42 bits per heavy atom. The van der Waals surface area contributed by atoms with Crippen molar-refractivity contribution in [2.24, 2.45) is 0 Å². The van der Waals surface area contributed by atoms with Gasteiger partial charge in [-0.1, -0.05) is 50.7 Å². The normalized spacial score (nSPS) is 15.7. The summed E-state index contributed by atoms with van der Waals surface area (Å²) in [6.45, 7) is 10.1. The number of carbonyl (C=O) groups is 10. The quantitative estimate of drug-likeness (QED) is 0.0327. The number of amides is 3. The molecule has 2 saturated heterocycles. The van der Waals surface area contributed by atoms with Crippen LogP contribution >= 0.6 is 0 Å². The number of urea groups is 1. The van der Waals surface area contributed by atoms with E-state index in [9.17, 15) is 73.5 Å². The number of rotatable bonds is 64. The van der Waals surface area contributed by atoms with E-state index in [1.54, 1.807) is 19.6 Å². The summed E-state index contributed by atoms with van der Waals surface area (Å²) in [5, 5.41) is 80.5. The molecule has 628 valence electrons. The van der Waals surface area contributed by atoms with Crippen molar-refractivity contribution in [1.82, 2.24) is 55.4 Å².